The molecule has 2 fully saturated rings. The van der Waals surface area contributed by atoms with Gasteiger partial charge in [-0.25, -0.2) is 4.99 Å². The van der Waals surface area contributed by atoms with Crippen molar-refractivity contribution in [1.82, 2.24) is 0 Å². The minimum atomic E-state index is -0.432. The fraction of sp³-hybridized carbons (Fsp3) is 0.600. The summed E-state index contributed by atoms with van der Waals surface area (Å²) in [5.74, 6) is 1.37. The van der Waals surface area contributed by atoms with Crippen LogP contribution in [0.15, 0.2) is 28.2 Å². The van der Waals surface area contributed by atoms with E-state index in [0.717, 1.165) is 55.2 Å². The SMILES string of the molecule is CC1CCCN(c2ccc(N3C(N)=NC(N)=NC34CCCCC4)cc2Cl)C1. The van der Waals surface area contributed by atoms with Crippen LogP contribution >= 0.6 is 11.6 Å². The molecule has 1 saturated heterocycles. The largest absolute Gasteiger partial charge is 0.370 e. The molecule has 1 saturated carbocycles. The number of nitrogens with zero attached hydrogens (tertiary/aromatic N) is 4. The predicted octanol–water partition coefficient (Wildman–Crippen LogP) is 3.69. The maximum atomic E-state index is 6.72. The van der Waals surface area contributed by atoms with E-state index in [4.69, 9.17) is 28.1 Å². The molecule has 6 nitrogen and oxygen atoms in total. The van der Waals surface area contributed by atoms with Crippen LogP contribution in [-0.4, -0.2) is 30.7 Å². The van der Waals surface area contributed by atoms with Gasteiger partial charge in [0.1, 0.15) is 5.66 Å². The van der Waals surface area contributed by atoms with Crippen LogP contribution in [-0.2, 0) is 0 Å². The average molecular weight is 389 g/mol. The van der Waals surface area contributed by atoms with E-state index in [1.165, 1.54) is 19.3 Å². The van der Waals surface area contributed by atoms with Crippen LogP contribution in [0.1, 0.15) is 51.9 Å². The number of aliphatic imine (C=N–C) groups is 2. The number of benzene rings is 1. The molecule has 1 aromatic rings. The van der Waals surface area contributed by atoms with E-state index in [1.807, 2.05) is 11.0 Å². The summed E-state index contributed by atoms with van der Waals surface area (Å²) in [5.41, 5.74) is 13.9. The molecule has 4 N–H and O–H groups in total. The lowest BCUT2D eigenvalue weighted by Crippen LogP contribution is -2.58. The number of anilines is 2. The van der Waals surface area contributed by atoms with E-state index in [2.05, 4.69) is 28.9 Å². The van der Waals surface area contributed by atoms with Crippen LogP contribution in [0.2, 0.25) is 5.02 Å². The summed E-state index contributed by atoms with van der Waals surface area (Å²) in [6.07, 6.45) is 7.78. The highest BCUT2D eigenvalue weighted by molar-refractivity contribution is 6.33. The number of rotatable bonds is 2. The standard InChI is InChI=1S/C20H29ClN6/c1-14-6-5-11-26(13-14)17-8-7-15(12-16(17)21)27-19(23)24-18(22)25-20(27)9-3-2-4-10-20/h7-8,12,14H,2-6,9-11,13H2,1H3,(H4,22,23,24,25). The topological polar surface area (TPSA) is 83.2 Å². The number of halogens is 1. The van der Waals surface area contributed by atoms with E-state index in [1.54, 1.807) is 0 Å². The second-order valence-electron chi connectivity index (χ2n) is 8.15. The zero-order valence-electron chi connectivity index (χ0n) is 16.0. The Morgan fingerprint density at radius 3 is 2.63 bits per heavy atom. The van der Waals surface area contributed by atoms with Crippen LogP contribution in [0.25, 0.3) is 0 Å². The maximum Gasteiger partial charge on any atom is 0.220 e. The molecule has 0 aromatic heterocycles. The highest BCUT2D eigenvalue weighted by atomic mass is 35.5. The highest BCUT2D eigenvalue weighted by Gasteiger charge is 2.42. The summed E-state index contributed by atoms with van der Waals surface area (Å²) in [6.45, 7) is 4.41. The Morgan fingerprint density at radius 2 is 1.93 bits per heavy atom. The van der Waals surface area contributed by atoms with Gasteiger partial charge in [0.25, 0.3) is 0 Å². The number of hydrogen-bond donors (Lipinski definition) is 2. The summed E-state index contributed by atoms with van der Waals surface area (Å²) in [7, 11) is 0. The molecule has 2 aliphatic heterocycles. The van der Waals surface area contributed by atoms with E-state index in [0.29, 0.717) is 11.9 Å². The molecule has 1 unspecified atom stereocenters. The monoisotopic (exact) mass is 388 g/mol. The molecule has 7 heteroatoms. The van der Waals surface area contributed by atoms with Gasteiger partial charge in [-0.2, -0.15) is 4.99 Å². The lowest BCUT2D eigenvalue weighted by Gasteiger charge is -2.45. The first-order valence-corrected chi connectivity index (χ1v) is 10.4. The van der Waals surface area contributed by atoms with Crippen molar-refractivity contribution in [3.05, 3.63) is 23.2 Å². The average Bonchev–Trinajstić information content (AvgIpc) is 2.61. The molecule has 1 aromatic carbocycles. The smallest absolute Gasteiger partial charge is 0.220 e. The second-order valence-corrected chi connectivity index (χ2v) is 8.55. The molecule has 0 radical (unpaired) electrons. The Hall–Kier alpha value is -1.95. The van der Waals surface area contributed by atoms with Gasteiger partial charge in [-0.1, -0.05) is 24.9 Å². The van der Waals surface area contributed by atoms with Gasteiger partial charge in [-0.15, -0.1) is 0 Å². The molecule has 0 bridgehead atoms. The molecule has 27 heavy (non-hydrogen) atoms. The van der Waals surface area contributed by atoms with Crippen molar-refractivity contribution in [2.75, 3.05) is 22.9 Å². The van der Waals surface area contributed by atoms with Crippen molar-refractivity contribution in [1.29, 1.82) is 0 Å². The zero-order chi connectivity index (χ0) is 19.0. The van der Waals surface area contributed by atoms with Crippen LogP contribution in [0.4, 0.5) is 11.4 Å². The van der Waals surface area contributed by atoms with E-state index in [-0.39, 0.29) is 5.96 Å². The van der Waals surface area contributed by atoms with Gasteiger partial charge in [0, 0.05) is 18.8 Å². The Balaban J connectivity index is 1.67. The molecule has 2 heterocycles. The van der Waals surface area contributed by atoms with E-state index in [9.17, 15) is 0 Å². The van der Waals surface area contributed by atoms with Crippen LogP contribution in [0.3, 0.4) is 0 Å². The van der Waals surface area contributed by atoms with Crippen molar-refractivity contribution in [3.63, 3.8) is 0 Å². The molecule has 1 aliphatic carbocycles. The third-order valence-corrected chi connectivity index (χ3v) is 6.34. The summed E-state index contributed by atoms with van der Waals surface area (Å²) in [4.78, 5) is 13.4. The quantitative estimate of drug-likeness (QED) is 0.809. The lowest BCUT2D eigenvalue weighted by atomic mass is 9.87. The van der Waals surface area contributed by atoms with E-state index < -0.39 is 5.66 Å². The Kier molecular flexibility index (Phi) is 4.93. The van der Waals surface area contributed by atoms with Crippen LogP contribution in [0.5, 0.6) is 0 Å². The summed E-state index contributed by atoms with van der Waals surface area (Å²) >= 11 is 6.72. The fourth-order valence-electron chi connectivity index (χ4n) is 4.79. The van der Waals surface area contributed by atoms with E-state index >= 15 is 0 Å². The van der Waals surface area contributed by atoms with Crippen LogP contribution in [0, 0.1) is 5.92 Å². The van der Waals surface area contributed by atoms with Crippen molar-refractivity contribution >= 4 is 34.9 Å². The second kappa shape index (κ2) is 7.23. The third-order valence-electron chi connectivity index (χ3n) is 6.04. The van der Waals surface area contributed by atoms with Crippen molar-refractivity contribution in [2.45, 2.75) is 57.5 Å². The molecule has 4 rings (SSSR count). The summed E-state index contributed by atoms with van der Waals surface area (Å²) < 4.78 is 0. The molecule has 0 amide bonds. The summed E-state index contributed by atoms with van der Waals surface area (Å²) in [6, 6.07) is 6.21. The molecular weight excluding hydrogens is 360 g/mol. The minimum Gasteiger partial charge on any atom is -0.370 e. The number of nitrogens with two attached hydrogens (primary N) is 2. The van der Waals surface area contributed by atoms with Gasteiger partial charge < -0.3 is 16.4 Å². The first-order chi connectivity index (χ1) is 13.0. The summed E-state index contributed by atoms with van der Waals surface area (Å²) in [5, 5.41) is 0.753. The molecule has 1 spiro atoms. The fourth-order valence-corrected chi connectivity index (χ4v) is 5.09. The number of guanidine groups is 2. The molecule has 146 valence electrons. The Bertz CT molecular complexity index is 768. The first-order valence-electron chi connectivity index (χ1n) is 10.0. The first kappa shape index (κ1) is 18.4. The number of piperidine rings is 1. The van der Waals surface area contributed by atoms with Gasteiger partial charge in [0.15, 0.2) is 0 Å². The lowest BCUT2D eigenvalue weighted by molar-refractivity contribution is 0.305. The van der Waals surface area contributed by atoms with Crippen LogP contribution < -0.4 is 21.3 Å². The maximum absolute atomic E-state index is 6.72. The molecule has 1 atom stereocenters. The van der Waals surface area contributed by atoms with Gasteiger partial charge in [-0.3, -0.25) is 4.90 Å². The van der Waals surface area contributed by atoms with Gasteiger partial charge in [0.05, 0.1) is 10.7 Å². The normalized spacial score (nSPS) is 25.3. The van der Waals surface area contributed by atoms with Gasteiger partial charge >= 0.3 is 0 Å². The Labute approximate surface area is 166 Å². The molecular formula is C20H29ClN6. The zero-order valence-corrected chi connectivity index (χ0v) is 16.8. The van der Waals surface area contributed by atoms with Crippen molar-refractivity contribution < 1.29 is 0 Å². The number of hydrogen-bond acceptors (Lipinski definition) is 6. The minimum absolute atomic E-state index is 0.274. The van der Waals surface area contributed by atoms with Crippen molar-refractivity contribution in [2.24, 2.45) is 27.4 Å². The van der Waals surface area contributed by atoms with Gasteiger partial charge in [-0.05, 0) is 62.6 Å². The third kappa shape index (κ3) is 3.47. The van der Waals surface area contributed by atoms with Crippen molar-refractivity contribution in [3.8, 4) is 0 Å². The highest BCUT2D eigenvalue weighted by Crippen LogP contribution is 2.41. The Morgan fingerprint density at radius 1 is 1.15 bits per heavy atom. The molecule has 3 aliphatic rings. The van der Waals surface area contributed by atoms with Gasteiger partial charge in [0.2, 0.25) is 11.9 Å². The predicted molar refractivity (Wildman–Crippen MR) is 114 cm³/mol.